The van der Waals surface area contributed by atoms with Crippen LogP contribution in [0.25, 0.3) is 21.9 Å². The summed E-state index contributed by atoms with van der Waals surface area (Å²) >= 11 is 1.46. The van der Waals surface area contributed by atoms with Crippen molar-refractivity contribution >= 4 is 45.1 Å². The van der Waals surface area contributed by atoms with Gasteiger partial charge in [0.25, 0.3) is 5.91 Å². The zero-order valence-electron chi connectivity index (χ0n) is 18.5. The maximum atomic E-state index is 12.2. The number of fused-ring (bicyclic) bond motifs is 1. The number of carbonyl (C=O) groups is 2. The molecule has 168 valence electrons. The summed E-state index contributed by atoms with van der Waals surface area (Å²) in [4.78, 5) is 29.7. The normalized spacial score (nSPS) is 12.4. The lowest BCUT2D eigenvalue weighted by Crippen LogP contribution is -2.35. The number of likely N-dealkylation sites (N-methyl/N-ethyl adjacent to an activating group) is 1. The second-order valence-corrected chi connectivity index (χ2v) is 8.39. The Balaban J connectivity index is 1.96. The predicted molar refractivity (Wildman–Crippen MR) is 126 cm³/mol. The Kier molecular flexibility index (Phi) is 7.48. The summed E-state index contributed by atoms with van der Waals surface area (Å²) in [5.41, 5.74) is 2.19. The average molecular weight is 455 g/mol. The van der Waals surface area contributed by atoms with Gasteiger partial charge in [0.2, 0.25) is 0 Å². The molecule has 0 radical (unpaired) electrons. The molecule has 3 aromatic rings. The number of carboxylic acids is 1. The third-order valence-corrected chi connectivity index (χ3v) is 5.72. The SMILES string of the molecule is CCOc1cc(/C=C(/CC(=O)O)c2nc3ccccc3s2)ccc1OC(C)C(=O)N(C)C. The molecule has 0 aliphatic rings. The Morgan fingerprint density at radius 1 is 1.19 bits per heavy atom. The minimum atomic E-state index is -0.934. The Bertz CT molecular complexity index is 1120. The highest BCUT2D eigenvalue weighted by atomic mass is 32.1. The summed E-state index contributed by atoms with van der Waals surface area (Å²) in [6.45, 7) is 3.96. The molecule has 0 saturated carbocycles. The zero-order valence-corrected chi connectivity index (χ0v) is 19.3. The fraction of sp³-hybridized carbons (Fsp3) is 0.292. The van der Waals surface area contributed by atoms with Crippen molar-refractivity contribution in [2.45, 2.75) is 26.4 Å². The molecule has 0 saturated heterocycles. The van der Waals surface area contributed by atoms with E-state index in [0.29, 0.717) is 28.7 Å². The van der Waals surface area contributed by atoms with E-state index in [2.05, 4.69) is 4.98 Å². The summed E-state index contributed by atoms with van der Waals surface area (Å²) in [5.74, 6) is -0.155. The standard InChI is InChI=1S/C24H26N2O5S/c1-5-30-20-13-16(10-11-19(20)31-15(2)24(29)26(3)4)12-17(14-22(27)28)23-25-18-8-6-7-9-21(18)32-23/h6-13,15H,5,14H2,1-4H3,(H,27,28)/b17-12-. The van der Waals surface area contributed by atoms with Crippen molar-refractivity contribution in [3.63, 3.8) is 0 Å². The average Bonchev–Trinajstić information content (AvgIpc) is 3.18. The lowest BCUT2D eigenvalue weighted by Gasteiger charge is -2.20. The molecule has 1 amide bonds. The maximum absolute atomic E-state index is 12.2. The van der Waals surface area contributed by atoms with Crippen LogP contribution in [0.15, 0.2) is 42.5 Å². The highest BCUT2D eigenvalue weighted by Crippen LogP contribution is 2.34. The number of hydrogen-bond donors (Lipinski definition) is 1. The van der Waals surface area contributed by atoms with E-state index < -0.39 is 12.1 Å². The van der Waals surface area contributed by atoms with Gasteiger partial charge in [-0.3, -0.25) is 9.59 Å². The van der Waals surface area contributed by atoms with E-state index in [1.54, 1.807) is 45.3 Å². The largest absolute Gasteiger partial charge is 0.490 e. The van der Waals surface area contributed by atoms with Crippen molar-refractivity contribution in [2.75, 3.05) is 20.7 Å². The van der Waals surface area contributed by atoms with Crippen molar-refractivity contribution in [2.24, 2.45) is 0 Å². The summed E-state index contributed by atoms with van der Waals surface area (Å²) in [6, 6.07) is 13.0. The van der Waals surface area contributed by atoms with Crippen LogP contribution in [-0.2, 0) is 9.59 Å². The van der Waals surface area contributed by atoms with E-state index in [9.17, 15) is 14.7 Å². The highest BCUT2D eigenvalue weighted by molar-refractivity contribution is 7.19. The predicted octanol–water partition coefficient (Wildman–Crippen LogP) is 4.57. The Morgan fingerprint density at radius 2 is 1.94 bits per heavy atom. The van der Waals surface area contributed by atoms with E-state index in [1.807, 2.05) is 31.2 Å². The molecular formula is C24H26N2O5S. The number of rotatable bonds is 9. The molecule has 0 bridgehead atoms. The number of thiazole rings is 1. The van der Waals surface area contributed by atoms with E-state index >= 15 is 0 Å². The molecule has 0 aliphatic heterocycles. The van der Waals surface area contributed by atoms with Crippen LogP contribution >= 0.6 is 11.3 Å². The van der Waals surface area contributed by atoms with Crippen LogP contribution in [0.5, 0.6) is 11.5 Å². The molecule has 1 N–H and O–H groups in total. The van der Waals surface area contributed by atoms with Crippen LogP contribution in [0.3, 0.4) is 0 Å². The third-order valence-electron chi connectivity index (χ3n) is 4.61. The Labute approximate surface area is 190 Å². The van der Waals surface area contributed by atoms with Gasteiger partial charge in [-0.1, -0.05) is 18.2 Å². The summed E-state index contributed by atoms with van der Waals surface area (Å²) < 4.78 is 12.6. The monoisotopic (exact) mass is 454 g/mol. The zero-order chi connectivity index (χ0) is 23.3. The van der Waals surface area contributed by atoms with E-state index in [1.165, 1.54) is 16.2 Å². The highest BCUT2D eigenvalue weighted by Gasteiger charge is 2.19. The fourth-order valence-electron chi connectivity index (χ4n) is 3.15. The van der Waals surface area contributed by atoms with Crippen molar-refractivity contribution < 1.29 is 24.2 Å². The van der Waals surface area contributed by atoms with Crippen molar-refractivity contribution in [1.29, 1.82) is 0 Å². The van der Waals surface area contributed by atoms with E-state index in [0.717, 1.165) is 15.8 Å². The number of para-hydroxylation sites is 1. The van der Waals surface area contributed by atoms with Crippen LogP contribution in [0.2, 0.25) is 0 Å². The molecule has 7 nitrogen and oxygen atoms in total. The van der Waals surface area contributed by atoms with Gasteiger partial charge in [0.15, 0.2) is 17.6 Å². The van der Waals surface area contributed by atoms with Gasteiger partial charge in [0.1, 0.15) is 5.01 Å². The number of aromatic nitrogens is 1. The lowest BCUT2D eigenvalue weighted by molar-refractivity contribution is -0.136. The van der Waals surface area contributed by atoms with Crippen molar-refractivity contribution in [3.8, 4) is 11.5 Å². The quantitative estimate of drug-likeness (QED) is 0.510. The molecule has 8 heteroatoms. The second kappa shape index (κ2) is 10.3. The number of benzene rings is 2. The fourth-order valence-corrected chi connectivity index (χ4v) is 4.13. The van der Waals surface area contributed by atoms with Crippen molar-refractivity contribution in [3.05, 3.63) is 53.0 Å². The van der Waals surface area contributed by atoms with Gasteiger partial charge in [-0.2, -0.15) is 0 Å². The Morgan fingerprint density at radius 3 is 2.59 bits per heavy atom. The van der Waals surface area contributed by atoms with Gasteiger partial charge in [-0.05, 0) is 55.3 Å². The number of amides is 1. The van der Waals surface area contributed by atoms with Crippen LogP contribution < -0.4 is 9.47 Å². The van der Waals surface area contributed by atoms with Gasteiger partial charge >= 0.3 is 5.97 Å². The first-order valence-corrected chi connectivity index (χ1v) is 11.0. The summed E-state index contributed by atoms with van der Waals surface area (Å²) in [6.07, 6.45) is 0.971. The number of carboxylic acid groups (broad SMARTS) is 1. The molecule has 1 atom stereocenters. The molecule has 3 rings (SSSR count). The number of nitrogens with zero attached hydrogens (tertiary/aromatic N) is 2. The molecule has 0 fully saturated rings. The van der Waals surface area contributed by atoms with E-state index in [-0.39, 0.29) is 12.3 Å². The first-order chi connectivity index (χ1) is 15.3. The minimum absolute atomic E-state index is 0.156. The molecule has 0 aliphatic carbocycles. The van der Waals surface area contributed by atoms with Gasteiger partial charge in [-0.15, -0.1) is 11.3 Å². The number of carbonyl (C=O) groups excluding carboxylic acids is 1. The Hall–Kier alpha value is -3.39. The van der Waals surface area contributed by atoms with Crippen LogP contribution in [0, 0.1) is 0 Å². The molecule has 0 spiro atoms. The van der Waals surface area contributed by atoms with Gasteiger partial charge in [-0.25, -0.2) is 4.98 Å². The number of ether oxygens (including phenoxy) is 2. The second-order valence-electron chi connectivity index (χ2n) is 7.36. The molecule has 1 aromatic heterocycles. The lowest BCUT2D eigenvalue weighted by atomic mass is 10.1. The molecule has 32 heavy (non-hydrogen) atoms. The van der Waals surface area contributed by atoms with Gasteiger partial charge in [0.05, 0.1) is 23.2 Å². The molecule has 1 heterocycles. The summed E-state index contributed by atoms with van der Waals surface area (Å²) in [5, 5.41) is 10.1. The summed E-state index contributed by atoms with van der Waals surface area (Å²) in [7, 11) is 3.34. The topological polar surface area (TPSA) is 89.0 Å². The van der Waals surface area contributed by atoms with Gasteiger partial charge < -0.3 is 19.5 Å². The third kappa shape index (κ3) is 5.64. The van der Waals surface area contributed by atoms with E-state index in [4.69, 9.17) is 9.47 Å². The smallest absolute Gasteiger partial charge is 0.307 e. The number of hydrogen-bond acceptors (Lipinski definition) is 6. The van der Waals surface area contributed by atoms with Crippen LogP contribution in [0.1, 0.15) is 30.8 Å². The van der Waals surface area contributed by atoms with Crippen molar-refractivity contribution in [1.82, 2.24) is 9.88 Å². The van der Waals surface area contributed by atoms with Crippen LogP contribution in [-0.4, -0.2) is 53.7 Å². The molecule has 2 aromatic carbocycles. The maximum Gasteiger partial charge on any atom is 0.307 e. The molecular weight excluding hydrogens is 428 g/mol. The first-order valence-electron chi connectivity index (χ1n) is 10.2. The van der Waals surface area contributed by atoms with Gasteiger partial charge in [0, 0.05) is 14.1 Å². The molecule has 1 unspecified atom stereocenters. The number of aliphatic carboxylic acids is 1. The first kappa shape index (κ1) is 23.3. The minimum Gasteiger partial charge on any atom is -0.490 e. The van der Waals surface area contributed by atoms with Crippen LogP contribution in [0.4, 0.5) is 0 Å².